The Bertz CT molecular complexity index is 590. The van der Waals surface area contributed by atoms with E-state index in [2.05, 4.69) is 49.9 Å². The predicted molar refractivity (Wildman–Crippen MR) is 81.3 cm³/mol. The van der Waals surface area contributed by atoms with E-state index in [0.717, 1.165) is 19.4 Å². The molecular weight excluding hydrogens is 391 g/mol. The van der Waals surface area contributed by atoms with Gasteiger partial charge >= 0.3 is 0 Å². The van der Waals surface area contributed by atoms with Crippen molar-refractivity contribution in [3.63, 3.8) is 0 Å². The quantitative estimate of drug-likeness (QED) is 0.746. The standard InChI is InChI=1S/C13H8BrIN2/c14-10-5-4-9(8-16)13(6-10)17-12-3-1-2-11(15)7-12/h1-7,17H. The molecule has 2 nitrogen and oxygen atoms in total. The lowest BCUT2D eigenvalue weighted by Crippen LogP contribution is -1.93. The molecule has 0 amide bonds. The summed E-state index contributed by atoms with van der Waals surface area (Å²) in [5.41, 5.74) is 2.42. The van der Waals surface area contributed by atoms with Crippen molar-refractivity contribution < 1.29 is 0 Å². The van der Waals surface area contributed by atoms with Gasteiger partial charge in [0.1, 0.15) is 6.07 Å². The van der Waals surface area contributed by atoms with Gasteiger partial charge in [0.2, 0.25) is 0 Å². The second kappa shape index (κ2) is 5.52. The Hall–Kier alpha value is -1.06. The van der Waals surface area contributed by atoms with Crippen molar-refractivity contribution in [2.75, 3.05) is 5.32 Å². The van der Waals surface area contributed by atoms with Crippen LogP contribution < -0.4 is 5.32 Å². The number of nitriles is 1. The van der Waals surface area contributed by atoms with Crippen molar-refractivity contribution in [3.8, 4) is 6.07 Å². The van der Waals surface area contributed by atoms with E-state index in [-0.39, 0.29) is 0 Å². The zero-order valence-corrected chi connectivity index (χ0v) is 12.5. The van der Waals surface area contributed by atoms with Gasteiger partial charge < -0.3 is 5.32 Å². The van der Waals surface area contributed by atoms with Gasteiger partial charge in [-0.25, -0.2) is 0 Å². The van der Waals surface area contributed by atoms with Crippen LogP contribution in [0.3, 0.4) is 0 Å². The minimum atomic E-state index is 0.632. The number of anilines is 2. The SMILES string of the molecule is N#Cc1ccc(Br)cc1Nc1cccc(I)c1. The van der Waals surface area contributed by atoms with E-state index in [1.54, 1.807) is 6.07 Å². The van der Waals surface area contributed by atoms with Gasteiger partial charge in [0, 0.05) is 13.7 Å². The summed E-state index contributed by atoms with van der Waals surface area (Å²) in [6, 6.07) is 15.7. The molecular formula is C13H8BrIN2. The summed E-state index contributed by atoms with van der Waals surface area (Å²) in [7, 11) is 0. The highest BCUT2D eigenvalue weighted by Gasteiger charge is 2.03. The largest absolute Gasteiger partial charge is 0.354 e. The Balaban J connectivity index is 2.36. The van der Waals surface area contributed by atoms with Crippen LogP contribution in [0.2, 0.25) is 0 Å². The van der Waals surface area contributed by atoms with Gasteiger partial charge in [0.25, 0.3) is 0 Å². The normalized spacial score (nSPS) is 9.71. The van der Waals surface area contributed by atoms with Crippen LogP contribution in [0.25, 0.3) is 0 Å². The Kier molecular flexibility index (Phi) is 4.02. The molecule has 0 radical (unpaired) electrons. The lowest BCUT2D eigenvalue weighted by molar-refractivity contribution is 1.45. The summed E-state index contributed by atoms with van der Waals surface area (Å²) in [6.07, 6.45) is 0. The maximum atomic E-state index is 9.04. The lowest BCUT2D eigenvalue weighted by Gasteiger charge is -2.09. The predicted octanol–water partition coefficient (Wildman–Crippen LogP) is 4.67. The van der Waals surface area contributed by atoms with Crippen LogP contribution >= 0.6 is 38.5 Å². The molecule has 84 valence electrons. The van der Waals surface area contributed by atoms with Crippen LogP contribution in [0, 0.1) is 14.9 Å². The van der Waals surface area contributed by atoms with E-state index in [1.807, 2.05) is 36.4 Å². The summed E-state index contributed by atoms with van der Waals surface area (Å²) < 4.78 is 2.10. The minimum absolute atomic E-state index is 0.632. The van der Waals surface area contributed by atoms with Crippen LogP contribution in [-0.2, 0) is 0 Å². The molecule has 0 aliphatic rings. The van der Waals surface area contributed by atoms with Crippen molar-refractivity contribution >= 4 is 49.9 Å². The van der Waals surface area contributed by atoms with E-state index in [0.29, 0.717) is 5.56 Å². The van der Waals surface area contributed by atoms with Crippen molar-refractivity contribution in [2.24, 2.45) is 0 Å². The Labute approximate surface area is 122 Å². The first-order valence-corrected chi connectivity index (χ1v) is 6.78. The number of hydrogen-bond acceptors (Lipinski definition) is 2. The van der Waals surface area contributed by atoms with Crippen molar-refractivity contribution in [3.05, 3.63) is 56.1 Å². The van der Waals surface area contributed by atoms with Crippen molar-refractivity contribution in [1.29, 1.82) is 5.26 Å². The third-order valence-electron chi connectivity index (χ3n) is 2.21. The molecule has 4 heteroatoms. The van der Waals surface area contributed by atoms with Gasteiger partial charge in [-0.3, -0.25) is 0 Å². The van der Waals surface area contributed by atoms with Gasteiger partial charge in [-0.1, -0.05) is 22.0 Å². The molecule has 0 saturated carbocycles. The van der Waals surface area contributed by atoms with Gasteiger partial charge in [-0.2, -0.15) is 5.26 Å². The summed E-state index contributed by atoms with van der Waals surface area (Å²) in [5.74, 6) is 0. The Morgan fingerprint density at radius 3 is 2.71 bits per heavy atom. The van der Waals surface area contributed by atoms with Crippen LogP contribution in [0.1, 0.15) is 5.56 Å². The molecule has 0 unspecified atom stereocenters. The van der Waals surface area contributed by atoms with Gasteiger partial charge in [0.15, 0.2) is 0 Å². The Morgan fingerprint density at radius 1 is 1.18 bits per heavy atom. The van der Waals surface area contributed by atoms with Gasteiger partial charge in [0.05, 0.1) is 11.3 Å². The fraction of sp³-hybridized carbons (Fsp3) is 0. The zero-order valence-electron chi connectivity index (χ0n) is 8.74. The molecule has 2 aromatic carbocycles. The van der Waals surface area contributed by atoms with E-state index in [9.17, 15) is 0 Å². The molecule has 0 spiro atoms. The number of nitrogens with zero attached hydrogens (tertiary/aromatic N) is 1. The van der Waals surface area contributed by atoms with Crippen molar-refractivity contribution in [2.45, 2.75) is 0 Å². The van der Waals surface area contributed by atoms with Gasteiger partial charge in [-0.15, -0.1) is 0 Å². The van der Waals surface area contributed by atoms with E-state index in [1.165, 1.54) is 0 Å². The topological polar surface area (TPSA) is 35.8 Å². The molecule has 0 bridgehead atoms. The molecule has 2 rings (SSSR count). The molecule has 17 heavy (non-hydrogen) atoms. The first-order valence-electron chi connectivity index (χ1n) is 4.91. The number of rotatable bonds is 2. The maximum Gasteiger partial charge on any atom is 0.101 e. The highest BCUT2D eigenvalue weighted by Crippen LogP contribution is 2.25. The summed E-state index contributed by atoms with van der Waals surface area (Å²) in [6.45, 7) is 0. The molecule has 1 N–H and O–H groups in total. The minimum Gasteiger partial charge on any atom is -0.354 e. The Morgan fingerprint density at radius 2 is 2.00 bits per heavy atom. The highest BCUT2D eigenvalue weighted by molar-refractivity contribution is 14.1. The van der Waals surface area contributed by atoms with Crippen LogP contribution in [0.4, 0.5) is 11.4 Å². The van der Waals surface area contributed by atoms with Crippen molar-refractivity contribution in [1.82, 2.24) is 0 Å². The number of halogens is 2. The second-order valence-corrected chi connectivity index (χ2v) is 5.60. The first kappa shape index (κ1) is 12.4. The number of nitrogens with one attached hydrogen (secondary N) is 1. The number of benzene rings is 2. The van der Waals surface area contributed by atoms with Crippen LogP contribution in [0.15, 0.2) is 46.9 Å². The molecule has 0 atom stereocenters. The lowest BCUT2D eigenvalue weighted by atomic mass is 10.2. The third-order valence-corrected chi connectivity index (χ3v) is 3.37. The van der Waals surface area contributed by atoms with Crippen LogP contribution in [0.5, 0.6) is 0 Å². The average Bonchev–Trinajstić information content (AvgIpc) is 2.29. The fourth-order valence-electron chi connectivity index (χ4n) is 1.44. The summed E-state index contributed by atoms with van der Waals surface area (Å²) >= 11 is 5.66. The molecule has 0 heterocycles. The van der Waals surface area contributed by atoms with E-state index < -0.39 is 0 Å². The maximum absolute atomic E-state index is 9.04. The fourth-order valence-corrected chi connectivity index (χ4v) is 2.34. The van der Waals surface area contributed by atoms with E-state index >= 15 is 0 Å². The third kappa shape index (κ3) is 3.20. The molecule has 0 saturated heterocycles. The molecule has 2 aromatic rings. The molecule has 0 aliphatic heterocycles. The smallest absolute Gasteiger partial charge is 0.101 e. The molecule has 0 fully saturated rings. The summed E-state index contributed by atoms with van der Waals surface area (Å²) in [4.78, 5) is 0. The zero-order chi connectivity index (χ0) is 12.3. The number of hydrogen-bond donors (Lipinski definition) is 1. The van der Waals surface area contributed by atoms with Crippen LogP contribution in [-0.4, -0.2) is 0 Å². The summed E-state index contributed by atoms with van der Waals surface area (Å²) in [5, 5.41) is 12.3. The molecule has 0 aliphatic carbocycles. The second-order valence-electron chi connectivity index (χ2n) is 3.44. The highest BCUT2D eigenvalue weighted by atomic mass is 127. The first-order chi connectivity index (χ1) is 8.19. The molecule has 0 aromatic heterocycles. The average molecular weight is 399 g/mol. The van der Waals surface area contributed by atoms with Gasteiger partial charge in [-0.05, 0) is 59.0 Å². The van der Waals surface area contributed by atoms with E-state index in [4.69, 9.17) is 5.26 Å². The monoisotopic (exact) mass is 398 g/mol.